The summed E-state index contributed by atoms with van der Waals surface area (Å²) in [5.74, 6) is -0.146. The smallest absolute Gasteiger partial charge is 0.274 e. The third kappa shape index (κ3) is 4.91. The number of nitrogens with one attached hydrogen (secondary N) is 2. The summed E-state index contributed by atoms with van der Waals surface area (Å²) >= 11 is 0. The van der Waals surface area contributed by atoms with E-state index in [1.54, 1.807) is 42.7 Å². The molecule has 142 valence electrons. The average molecular weight is 376 g/mol. The molecule has 7 nitrogen and oxygen atoms in total. The lowest BCUT2D eigenvalue weighted by Crippen LogP contribution is -2.23. The third-order valence-electron chi connectivity index (χ3n) is 3.87. The van der Waals surface area contributed by atoms with Crippen molar-refractivity contribution in [2.75, 3.05) is 11.9 Å². The van der Waals surface area contributed by atoms with Gasteiger partial charge in [0.1, 0.15) is 11.4 Å². The Balaban J connectivity index is 1.68. The zero-order chi connectivity index (χ0) is 19.8. The highest BCUT2D eigenvalue weighted by molar-refractivity contribution is 6.05. The van der Waals surface area contributed by atoms with Crippen LogP contribution in [0.2, 0.25) is 0 Å². The topological polar surface area (TPSA) is 93.2 Å². The van der Waals surface area contributed by atoms with Crippen molar-refractivity contribution in [1.82, 2.24) is 15.3 Å². The average Bonchev–Trinajstić information content (AvgIpc) is 2.74. The molecule has 0 saturated carbocycles. The van der Waals surface area contributed by atoms with E-state index in [0.717, 1.165) is 5.56 Å². The molecule has 0 aliphatic rings. The fourth-order valence-electron chi connectivity index (χ4n) is 2.52. The number of aromatic nitrogens is 2. The fourth-order valence-corrected chi connectivity index (χ4v) is 2.52. The van der Waals surface area contributed by atoms with Gasteiger partial charge in [-0.3, -0.25) is 19.6 Å². The normalized spacial score (nSPS) is 10.2. The first-order valence-corrected chi connectivity index (χ1v) is 8.83. The minimum Gasteiger partial charge on any atom is -0.492 e. The van der Waals surface area contributed by atoms with E-state index >= 15 is 0 Å². The number of para-hydroxylation sites is 2. The van der Waals surface area contributed by atoms with Crippen molar-refractivity contribution in [3.8, 4) is 5.75 Å². The van der Waals surface area contributed by atoms with Gasteiger partial charge in [0.25, 0.3) is 11.8 Å². The molecule has 7 heteroatoms. The number of anilines is 1. The summed E-state index contributed by atoms with van der Waals surface area (Å²) in [5.41, 5.74) is 1.92. The van der Waals surface area contributed by atoms with E-state index in [2.05, 4.69) is 20.6 Å². The van der Waals surface area contributed by atoms with E-state index in [-0.39, 0.29) is 11.6 Å². The van der Waals surface area contributed by atoms with Crippen molar-refractivity contribution in [3.63, 3.8) is 0 Å². The van der Waals surface area contributed by atoms with E-state index in [4.69, 9.17) is 4.74 Å². The molecule has 2 N–H and O–H groups in total. The molecule has 0 aliphatic heterocycles. The van der Waals surface area contributed by atoms with Gasteiger partial charge in [-0.25, -0.2) is 0 Å². The molecule has 0 spiro atoms. The van der Waals surface area contributed by atoms with Gasteiger partial charge in [0.2, 0.25) is 0 Å². The maximum atomic E-state index is 12.6. The predicted molar refractivity (Wildman–Crippen MR) is 105 cm³/mol. The fraction of sp³-hybridized carbons (Fsp3) is 0.143. The van der Waals surface area contributed by atoms with Gasteiger partial charge in [-0.1, -0.05) is 18.2 Å². The molecule has 3 rings (SSSR count). The molecule has 1 aromatic carbocycles. The Hall–Kier alpha value is -3.74. The molecule has 0 unspecified atom stereocenters. The largest absolute Gasteiger partial charge is 0.492 e. The molecule has 0 bridgehead atoms. The highest BCUT2D eigenvalue weighted by atomic mass is 16.5. The number of hydrogen-bond acceptors (Lipinski definition) is 5. The summed E-state index contributed by atoms with van der Waals surface area (Å²) in [6.45, 7) is 2.70. The summed E-state index contributed by atoms with van der Waals surface area (Å²) in [7, 11) is 0. The van der Waals surface area contributed by atoms with Gasteiger partial charge in [0.15, 0.2) is 0 Å². The summed E-state index contributed by atoms with van der Waals surface area (Å²) < 4.78 is 5.51. The maximum absolute atomic E-state index is 12.6. The Morgan fingerprint density at radius 2 is 1.89 bits per heavy atom. The van der Waals surface area contributed by atoms with Crippen LogP contribution in [0.4, 0.5) is 5.69 Å². The van der Waals surface area contributed by atoms with Gasteiger partial charge >= 0.3 is 0 Å². The third-order valence-corrected chi connectivity index (χ3v) is 3.87. The monoisotopic (exact) mass is 376 g/mol. The van der Waals surface area contributed by atoms with Crippen LogP contribution in [0.3, 0.4) is 0 Å². The van der Waals surface area contributed by atoms with Crippen LogP contribution in [0.25, 0.3) is 0 Å². The van der Waals surface area contributed by atoms with Gasteiger partial charge in [0.05, 0.1) is 12.3 Å². The molecule has 0 aliphatic carbocycles. The molecule has 2 heterocycles. The lowest BCUT2D eigenvalue weighted by molar-refractivity contribution is 0.0950. The Labute approximate surface area is 162 Å². The van der Waals surface area contributed by atoms with Crippen LogP contribution in [0, 0.1) is 0 Å². The van der Waals surface area contributed by atoms with E-state index in [9.17, 15) is 9.59 Å². The number of benzene rings is 1. The standard InChI is InChI=1S/C21H20N4O3/c1-2-28-19-8-4-3-7-17(19)25-21(27)18-12-16(9-11-23-18)20(26)24-14-15-6-5-10-22-13-15/h3-13H,2,14H2,1H3,(H,24,26)(H,25,27). The molecule has 2 amide bonds. The molecule has 2 aromatic heterocycles. The van der Waals surface area contributed by atoms with E-state index in [0.29, 0.717) is 30.2 Å². The number of rotatable bonds is 7. The van der Waals surface area contributed by atoms with E-state index < -0.39 is 5.91 Å². The van der Waals surface area contributed by atoms with Crippen molar-refractivity contribution < 1.29 is 14.3 Å². The maximum Gasteiger partial charge on any atom is 0.274 e. The zero-order valence-electron chi connectivity index (χ0n) is 15.4. The van der Waals surface area contributed by atoms with Gasteiger partial charge in [-0.05, 0) is 42.8 Å². The van der Waals surface area contributed by atoms with Crippen molar-refractivity contribution >= 4 is 17.5 Å². The number of pyridine rings is 2. The number of hydrogen-bond donors (Lipinski definition) is 2. The number of carbonyl (C=O) groups is 2. The predicted octanol–water partition coefficient (Wildman–Crippen LogP) is 3.06. The second kappa shape index (κ2) is 9.27. The van der Waals surface area contributed by atoms with Crippen LogP contribution < -0.4 is 15.4 Å². The second-order valence-corrected chi connectivity index (χ2v) is 5.86. The first-order chi connectivity index (χ1) is 13.7. The molecular weight excluding hydrogens is 356 g/mol. The zero-order valence-corrected chi connectivity index (χ0v) is 15.4. The minimum atomic E-state index is -0.422. The summed E-state index contributed by atoms with van der Waals surface area (Å²) in [4.78, 5) is 33.0. The van der Waals surface area contributed by atoms with Crippen molar-refractivity contribution in [3.05, 3.63) is 83.9 Å². The van der Waals surface area contributed by atoms with Gasteiger partial charge in [0, 0.05) is 30.7 Å². The number of ether oxygens (including phenoxy) is 1. The molecule has 3 aromatic rings. The number of amides is 2. The van der Waals surface area contributed by atoms with Crippen molar-refractivity contribution in [2.24, 2.45) is 0 Å². The van der Waals surface area contributed by atoms with Crippen LogP contribution in [0.15, 0.2) is 67.1 Å². The lowest BCUT2D eigenvalue weighted by Gasteiger charge is -2.11. The van der Waals surface area contributed by atoms with Crippen molar-refractivity contribution in [1.29, 1.82) is 0 Å². The van der Waals surface area contributed by atoms with E-state index in [1.165, 1.54) is 12.3 Å². The summed E-state index contributed by atoms with van der Waals surface area (Å²) in [6, 6.07) is 13.8. The van der Waals surface area contributed by atoms with Gasteiger partial charge in [-0.2, -0.15) is 0 Å². The Bertz CT molecular complexity index is 961. The van der Waals surface area contributed by atoms with Crippen LogP contribution in [-0.4, -0.2) is 28.4 Å². The SMILES string of the molecule is CCOc1ccccc1NC(=O)c1cc(C(=O)NCc2cccnc2)ccn1. The first kappa shape index (κ1) is 19.0. The van der Waals surface area contributed by atoms with Gasteiger partial charge < -0.3 is 15.4 Å². The van der Waals surface area contributed by atoms with Gasteiger partial charge in [-0.15, -0.1) is 0 Å². The highest BCUT2D eigenvalue weighted by Crippen LogP contribution is 2.24. The Morgan fingerprint density at radius 3 is 2.68 bits per heavy atom. The summed E-state index contributed by atoms with van der Waals surface area (Å²) in [5, 5.41) is 5.57. The number of nitrogens with zero attached hydrogens (tertiary/aromatic N) is 2. The summed E-state index contributed by atoms with van der Waals surface area (Å²) in [6.07, 6.45) is 4.78. The first-order valence-electron chi connectivity index (χ1n) is 8.83. The van der Waals surface area contributed by atoms with Crippen molar-refractivity contribution in [2.45, 2.75) is 13.5 Å². The van der Waals surface area contributed by atoms with Crippen LogP contribution in [-0.2, 0) is 6.54 Å². The highest BCUT2D eigenvalue weighted by Gasteiger charge is 2.14. The lowest BCUT2D eigenvalue weighted by atomic mass is 10.2. The molecular formula is C21H20N4O3. The quantitative estimate of drug-likeness (QED) is 0.661. The van der Waals surface area contributed by atoms with Crippen LogP contribution >= 0.6 is 0 Å². The molecule has 0 fully saturated rings. The molecule has 0 radical (unpaired) electrons. The molecule has 28 heavy (non-hydrogen) atoms. The molecule has 0 saturated heterocycles. The number of carbonyl (C=O) groups excluding carboxylic acids is 2. The second-order valence-electron chi connectivity index (χ2n) is 5.86. The Morgan fingerprint density at radius 1 is 1.04 bits per heavy atom. The molecule has 0 atom stereocenters. The van der Waals surface area contributed by atoms with E-state index in [1.807, 2.05) is 19.1 Å². The Kier molecular flexibility index (Phi) is 6.30. The van der Waals surface area contributed by atoms with Crippen LogP contribution in [0.1, 0.15) is 33.3 Å². The minimum absolute atomic E-state index is 0.139. The van der Waals surface area contributed by atoms with Crippen LogP contribution in [0.5, 0.6) is 5.75 Å².